The standard InChI is InChI=1S/C19H23BrN6O2S/c1-13-18(20)19-22-16(25-10-4-5-11-25)12-17(26(19)23-13)21-14-6-8-15(9-7-14)29(27,28)24(2)3/h6-9,12,21H,4-5,10-11H2,1-3H3. The minimum Gasteiger partial charge on any atom is -0.356 e. The molecule has 0 amide bonds. The van der Waals surface area contributed by atoms with Crippen LogP contribution in [0.1, 0.15) is 18.5 Å². The number of aryl methyl sites for hydroxylation is 1. The van der Waals surface area contributed by atoms with Gasteiger partial charge < -0.3 is 10.2 Å². The molecular formula is C19H23BrN6O2S. The molecule has 29 heavy (non-hydrogen) atoms. The molecule has 1 aliphatic heterocycles. The van der Waals surface area contributed by atoms with Crippen molar-refractivity contribution >= 4 is 48.9 Å². The van der Waals surface area contributed by atoms with E-state index in [1.807, 2.05) is 13.0 Å². The molecule has 0 radical (unpaired) electrons. The molecule has 154 valence electrons. The van der Waals surface area contributed by atoms with Gasteiger partial charge in [-0.1, -0.05) is 0 Å². The highest BCUT2D eigenvalue weighted by molar-refractivity contribution is 9.10. The van der Waals surface area contributed by atoms with Gasteiger partial charge in [-0.15, -0.1) is 0 Å². The monoisotopic (exact) mass is 478 g/mol. The largest absolute Gasteiger partial charge is 0.356 e. The van der Waals surface area contributed by atoms with E-state index in [0.717, 1.165) is 59.1 Å². The Hall–Kier alpha value is -2.17. The normalized spacial score (nSPS) is 14.9. The predicted octanol–water partition coefficient (Wildman–Crippen LogP) is 3.39. The van der Waals surface area contributed by atoms with Gasteiger partial charge in [-0.25, -0.2) is 17.7 Å². The van der Waals surface area contributed by atoms with Crippen LogP contribution in [0.5, 0.6) is 0 Å². The first-order valence-electron chi connectivity index (χ1n) is 9.38. The number of hydrogen-bond donors (Lipinski definition) is 1. The molecule has 3 heterocycles. The molecule has 0 bridgehead atoms. The quantitative estimate of drug-likeness (QED) is 0.604. The summed E-state index contributed by atoms with van der Waals surface area (Å²) in [4.78, 5) is 7.32. The Morgan fingerprint density at radius 1 is 1.14 bits per heavy atom. The van der Waals surface area contributed by atoms with Crippen molar-refractivity contribution in [1.82, 2.24) is 18.9 Å². The maximum absolute atomic E-state index is 12.3. The van der Waals surface area contributed by atoms with Crippen molar-refractivity contribution < 1.29 is 8.42 Å². The second-order valence-electron chi connectivity index (χ2n) is 7.27. The number of nitrogens with one attached hydrogen (secondary N) is 1. The van der Waals surface area contributed by atoms with Crippen LogP contribution in [0, 0.1) is 6.92 Å². The highest BCUT2D eigenvalue weighted by atomic mass is 79.9. The van der Waals surface area contributed by atoms with Crippen molar-refractivity contribution in [3.63, 3.8) is 0 Å². The lowest BCUT2D eigenvalue weighted by Gasteiger charge is -2.18. The summed E-state index contributed by atoms with van der Waals surface area (Å²) < 4.78 is 28.4. The van der Waals surface area contributed by atoms with Gasteiger partial charge in [-0.2, -0.15) is 9.61 Å². The lowest BCUT2D eigenvalue weighted by molar-refractivity contribution is 0.521. The summed E-state index contributed by atoms with van der Waals surface area (Å²) in [5.41, 5.74) is 2.37. The molecule has 1 saturated heterocycles. The van der Waals surface area contributed by atoms with E-state index in [9.17, 15) is 8.42 Å². The molecule has 2 aromatic heterocycles. The van der Waals surface area contributed by atoms with Crippen LogP contribution < -0.4 is 10.2 Å². The van der Waals surface area contributed by atoms with E-state index >= 15 is 0 Å². The molecular weight excluding hydrogens is 456 g/mol. The number of anilines is 3. The first-order valence-corrected chi connectivity index (χ1v) is 11.6. The van der Waals surface area contributed by atoms with Crippen LogP contribution in [-0.2, 0) is 10.0 Å². The average molecular weight is 479 g/mol. The third-order valence-corrected chi connectivity index (χ3v) is 7.77. The fraction of sp³-hybridized carbons (Fsp3) is 0.368. The number of aromatic nitrogens is 3. The molecule has 0 unspecified atom stereocenters. The number of benzene rings is 1. The van der Waals surface area contributed by atoms with Crippen molar-refractivity contribution in [3.05, 3.63) is 40.5 Å². The van der Waals surface area contributed by atoms with Crippen molar-refractivity contribution in [2.45, 2.75) is 24.7 Å². The number of hydrogen-bond acceptors (Lipinski definition) is 6. The molecule has 1 aromatic carbocycles. The molecule has 1 aliphatic rings. The summed E-state index contributed by atoms with van der Waals surface area (Å²) in [5.74, 6) is 1.68. The highest BCUT2D eigenvalue weighted by Crippen LogP contribution is 2.30. The molecule has 8 nitrogen and oxygen atoms in total. The Balaban J connectivity index is 1.72. The second kappa shape index (κ2) is 7.58. The minimum atomic E-state index is -3.46. The van der Waals surface area contributed by atoms with E-state index < -0.39 is 10.0 Å². The maximum atomic E-state index is 12.3. The first-order chi connectivity index (χ1) is 13.8. The van der Waals surface area contributed by atoms with Gasteiger partial charge in [0.15, 0.2) is 5.65 Å². The van der Waals surface area contributed by atoms with Crippen molar-refractivity contribution in [2.75, 3.05) is 37.4 Å². The third kappa shape index (κ3) is 3.72. The van der Waals surface area contributed by atoms with E-state index in [2.05, 4.69) is 31.2 Å². The summed E-state index contributed by atoms with van der Waals surface area (Å²) in [6, 6.07) is 8.69. The number of halogens is 1. The zero-order chi connectivity index (χ0) is 20.8. The van der Waals surface area contributed by atoms with E-state index in [-0.39, 0.29) is 4.90 Å². The average Bonchev–Trinajstić information content (AvgIpc) is 3.32. The lowest BCUT2D eigenvalue weighted by Crippen LogP contribution is -2.22. The fourth-order valence-corrected chi connectivity index (χ4v) is 4.59. The Morgan fingerprint density at radius 2 is 1.79 bits per heavy atom. The maximum Gasteiger partial charge on any atom is 0.242 e. The fourth-order valence-electron chi connectivity index (χ4n) is 3.35. The smallest absolute Gasteiger partial charge is 0.242 e. The Labute approximate surface area is 178 Å². The van der Waals surface area contributed by atoms with Gasteiger partial charge >= 0.3 is 0 Å². The van der Waals surface area contributed by atoms with Gasteiger partial charge in [0.05, 0.1) is 15.1 Å². The van der Waals surface area contributed by atoms with Crippen LogP contribution in [0.15, 0.2) is 39.7 Å². The number of rotatable bonds is 5. The van der Waals surface area contributed by atoms with Gasteiger partial charge in [0.25, 0.3) is 0 Å². The number of nitrogens with zero attached hydrogens (tertiary/aromatic N) is 5. The van der Waals surface area contributed by atoms with Crippen molar-refractivity contribution in [1.29, 1.82) is 0 Å². The summed E-state index contributed by atoms with van der Waals surface area (Å²) >= 11 is 3.59. The Morgan fingerprint density at radius 3 is 2.41 bits per heavy atom. The van der Waals surface area contributed by atoms with Crippen LogP contribution in [0.3, 0.4) is 0 Å². The van der Waals surface area contributed by atoms with Crippen molar-refractivity contribution in [3.8, 4) is 0 Å². The molecule has 0 saturated carbocycles. The molecule has 0 atom stereocenters. The Bertz CT molecular complexity index is 1150. The molecule has 0 spiro atoms. The second-order valence-corrected chi connectivity index (χ2v) is 10.2. The van der Waals surface area contributed by atoms with Gasteiger partial charge in [-0.3, -0.25) is 0 Å². The van der Waals surface area contributed by atoms with E-state index in [4.69, 9.17) is 4.98 Å². The first kappa shape index (κ1) is 20.1. The molecule has 4 rings (SSSR count). The molecule has 10 heteroatoms. The van der Waals surface area contributed by atoms with Crippen LogP contribution in [0.4, 0.5) is 17.3 Å². The lowest BCUT2D eigenvalue weighted by atomic mass is 10.3. The molecule has 1 N–H and O–H groups in total. The van der Waals surface area contributed by atoms with Crippen LogP contribution in [-0.4, -0.2) is 54.5 Å². The number of sulfonamides is 1. The SMILES string of the molecule is Cc1nn2c(Nc3ccc(S(=O)(=O)N(C)C)cc3)cc(N3CCCC3)nc2c1Br. The molecule has 3 aromatic rings. The van der Waals surface area contributed by atoms with E-state index in [1.54, 1.807) is 28.8 Å². The van der Waals surface area contributed by atoms with E-state index in [0.29, 0.717) is 0 Å². The number of fused-ring (bicyclic) bond motifs is 1. The van der Waals surface area contributed by atoms with Crippen LogP contribution in [0.25, 0.3) is 5.65 Å². The highest BCUT2D eigenvalue weighted by Gasteiger charge is 2.20. The Kier molecular flexibility index (Phi) is 5.26. The molecule has 0 aliphatic carbocycles. The van der Waals surface area contributed by atoms with Crippen LogP contribution >= 0.6 is 15.9 Å². The van der Waals surface area contributed by atoms with Gasteiger partial charge in [0.1, 0.15) is 11.6 Å². The topological polar surface area (TPSA) is 82.8 Å². The third-order valence-electron chi connectivity index (χ3n) is 5.01. The van der Waals surface area contributed by atoms with Crippen molar-refractivity contribution in [2.24, 2.45) is 0 Å². The summed E-state index contributed by atoms with van der Waals surface area (Å²) in [6.07, 6.45) is 2.33. The van der Waals surface area contributed by atoms with Gasteiger partial charge in [0.2, 0.25) is 10.0 Å². The minimum absolute atomic E-state index is 0.253. The van der Waals surface area contributed by atoms with Crippen LogP contribution in [0.2, 0.25) is 0 Å². The summed E-state index contributed by atoms with van der Waals surface area (Å²) in [6.45, 7) is 3.91. The summed E-state index contributed by atoms with van der Waals surface area (Å²) in [7, 11) is -0.414. The summed E-state index contributed by atoms with van der Waals surface area (Å²) in [5, 5.41) is 7.94. The zero-order valence-corrected chi connectivity index (χ0v) is 19.0. The van der Waals surface area contributed by atoms with E-state index in [1.165, 1.54) is 18.4 Å². The van der Waals surface area contributed by atoms with Gasteiger partial charge in [0, 0.05) is 38.9 Å². The zero-order valence-electron chi connectivity index (χ0n) is 16.6. The molecule has 1 fully saturated rings. The van der Waals surface area contributed by atoms with Gasteiger partial charge in [-0.05, 0) is 60.0 Å². The predicted molar refractivity (Wildman–Crippen MR) is 117 cm³/mol.